The number of rotatable bonds is 5. The Labute approximate surface area is 218 Å². The topological polar surface area (TPSA) is 76.8 Å². The number of hydrogen-bond donors (Lipinski definition) is 0. The minimum absolute atomic E-state index is 0.191. The minimum atomic E-state index is -0.442. The lowest BCUT2D eigenvalue weighted by molar-refractivity contribution is -0.115. The molecule has 1 aliphatic rings. The van der Waals surface area contributed by atoms with Gasteiger partial charge in [-0.05, 0) is 35.9 Å². The second-order valence-corrected chi connectivity index (χ2v) is 8.66. The number of benzene rings is 4. The number of ether oxygens (including phenoxy) is 1. The van der Waals surface area contributed by atoms with E-state index in [1.165, 1.54) is 9.69 Å². The number of methoxy groups -OCH3 is 1. The number of aliphatic imine (C=N–C) groups is 1. The van der Waals surface area contributed by atoms with Crippen molar-refractivity contribution >= 4 is 28.7 Å². The highest BCUT2D eigenvalue weighted by Gasteiger charge is 2.35. The maximum absolute atomic E-state index is 14.0. The van der Waals surface area contributed by atoms with Gasteiger partial charge in [-0.3, -0.25) is 9.59 Å². The highest BCUT2D eigenvalue weighted by molar-refractivity contribution is 6.29. The number of aromatic nitrogens is 2. The van der Waals surface area contributed by atoms with Crippen LogP contribution >= 0.6 is 0 Å². The molecule has 0 spiro atoms. The average molecular weight is 499 g/mol. The first-order valence-corrected chi connectivity index (χ1v) is 12.1. The molecule has 6 rings (SSSR count). The fourth-order valence-corrected chi connectivity index (χ4v) is 4.44. The zero-order valence-corrected chi connectivity index (χ0v) is 20.5. The number of nitrogens with zero attached hydrogens (tertiary/aromatic N) is 4. The van der Waals surface area contributed by atoms with Crippen LogP contribution in [0.1, 0.15) is 11.1 Å². The molecule has 7 nitrogen and oxygen atoms in total. The summed E-state index contributed by atoms with van der Waals surface area (Å²) in [7, 11) is 1.59. The Bertz CT molecular complexity index is 1790. The molecule has 0 saturated carbocycles. The Morgan fingerprint density at radius 1 is 0.763 bits per heavy atom. The molecule has 4 aromatic carbocycles. The van der Waals surface area contributed by atoms with Gasteiger partial charge >= 0.3 is 0 Å². The summed E-state index contributed by atoms with van der Waals surface area (Å²) in [5, 5.41) is 1.73. The van der Waals surface area contributed by atoms with Crippen LogP contribution in [0, 0.1) is 0 Å². The van der Waals surface area contributed by atoms with Crippen molar-refractivity contribution in [1.29, 1.82) is 0 Å². The highest BCUT2D eigenvalue weighted by Crippen LogP contribution is 2.26. The van der Waals surface area contributed by atoms with E-state index < -0.39 is 5.91 Å². The van der Waals surface area contributed by atoms with Gasteiger partial charge in [-0.25, -0.2) is 9.98 Å². The van der Waals surface area contributed by atoms with Crippen molar-refractivity contribution < 1.29 is 9.53 Å². The molecule has 2 heterocycles. The lowest BCUT2D eigenvalue weighted by Crippen LogP contribution is -2.49. The van der Waals surface area contributed by atoms with E-state index in [-0.39, 0.29) is 11.3 Å². The van der Waals surface area contributed by atoms with Crippen molar-refractivity contribution in [2.45, 2.75) is 0 Å². The van der Waals surface area contributed by atoms with E-state index in [1.807, 2.05) is 91.0 Å². The number of amides is 1. The predicted molar refractivity (Wildman–Crippen MR) is 149 cm³/mol. The summed E-state index contributed by atoms with van der Waals surface area (Å²) < 4.78 is 6.67. The third-order valence-corrected chi connectivity index (χ3v) is 6.25. The van der Waals surface area contributed by atoms with Crippen molar-refractivity contribution in [3.63, 3.8) is 0 Å². The van der Waals surface area contributed by atoms with E-state index in [0.717, 1.165) is 5.56 Å². The molecule has 1 aromatic heterocycles. The van der Waals surface area contributed by atoms with Gasteiger partial charge in [-0.1, -0.05) is 84.9 Å². The van der Waals surface area contributed by atoms with Gasteiger partial charge in [-0.15, -0.1) is 0 Å². The molecule has 184 valence electrons. The van der Waals surface area contributed by atoms with Crippen LogP contribution in [-0.2, 0) is 4.79 Å². The summed E-state index contributed by atoms with van der Waals surface area (Å²) >= 11 is 0. The van der Waals surface area contributed by atoms with E-state index >= 15 is 0 Å². The molecule has 0 atom stereocenters. The molecule has 0 unspecified atom stereocenters. The lowest BCUT2D eigenvalue weighted by atomic mass is 10.1. The SMILES string of the molecule is COc1cccc(C=C2N=C(c3ccccc3)N(n3c(-c4ccccc4)nc4ccccc4c3=O)C2=O)c1. The molecule has 0 aliphatic carbocycles. The standard InChI is InChI=1S/C31H22N4O3/c1-38-24-16-10-11-21(19-24)20-27-31(37)35(29(33-27)23-14-6-3-7-15-23)34-28(22-12-4-2-5-13-22)32-26-18-9-8-17-25(26)30(34)36/h2-20H,1H3. The molecule has 38 heavy (non-hydrogen) atoms. The van der Waals surface area contributed by atoms with Crippen molar-refractivity contribution in [1.82, 2.24) is 9.66 Å². The summed E-state index contributed by atoms with van der Waals surface area (Å²) in [6.07, 6.45) is 1.69. The Morgan fingerprint density at radius 3 is 2.18 bits per heavy atom. The summed E-state index contributed by atoms with van der Waals surface area (Å²) in [4.78, 5) is 37.6. The Hall–Kier alpha value is -5.30. The largest absolute Gasteiger partial charge is 0.497 e. The van der Waals surface area contributed by atoms with Gasteiger partial charge in [0.05, 0.1) is 18.0 Å². The summed E-state index contributed by atoms with van der Waals surface area (Å²) in [5.41, 5.74) is 2.50. The van der Waals surface area contributed by atoms with Gasteiger partial charge < -0.3 is 4.74 Å². The maximum atomic E-state index is 14.0. The number of para-hydroxylation sites is 1. The number of carbonyl (C=O) groups is 1. The first-order chi connectivity index (χ1) is 18.6. The van der Waals surface area contributed by atoms with Gasteiger partial charge in [0.15, 0.2) is 11.7 Å². The van der Waals surface area contributed by atoms with Crippen LogP contribution in [0.2, 0.25) is 0 Å². The number of hydrogen-bond acceptors (Lipinski definition) is 5. The van der Waals surface area contributed by atoms with E-state index in [2.05, 4.69) is 0 Å². The van der Waals surface area contributed by atoms with Gasteiger partial charge in [0.25, 0.3) is 11.5 Å². The number of carbonyl (C=O) groups excluding carboxylic acids is 1. The average Bonchev–Trinajstić information content (AvgIpc) is 3.29. The van der Waals surface area contributed by atoms with Gasteiger partial charge in [0, 0.05) is 11.1 Å². The minimum Gasteiger partial charge on any atom is -0.497 e. The van der Waals surface area contributed by atoms with E-state index in [9.17, 15) is 9.59 Å². The quantitative estimate of drug-likeness (QED) is 0.318. The normalized spacial score (nSPS) is 14.2. The molecule has 0 fully saturated rings. The molecular formula is C31H22N4O3. The highest BCUT2D eigenvalue weighted by atomic mass is 16.5. The van der Waals surface area contributed by atoms with Crippen LogP contribution in [0.15, 0.2) is 125 Å². The van der Waals surface area contributed by atoms with Crippen molar-refractivity contribution in [3.05, 3.63) is 136 Å². The lowest BCUT2D eigenvalue weighted by Gasteiger charge is -2.23. The van der Waals surface area contributed by atoms with Crippen LogP contribution < -0.4 is 15.3 Å². The zero-order valence-electron chi connectivity index (χ0n) is 20.5. The molecule has 1 aliphatic heterocycles. The Morgan fingerprint density at radius 2 is 1.45 bits per heavy atom. The molecule has 0 radical (unpaired) electrons. The first kappa shape index (κ1) is 23.1. The summed E-state index contributed by atoms with van der Waals surface area (Å²) in [6.45, 7) is 0. The smallest absolute Gasteiger partial charge is 0.297 e. The van der Waals surface area contributed by atoms with Crippen LogP contribution in [0.4, 0.5) is 0 Å². The molecule has 1 amide bonds. The first-order valence-electron chi connectivity index (χ1n) is 12.1. The van der Waals surface area contributed by atoms with Gasteiger partial charge in [0.2, 0.25) is 0 Å². The molecule has 5 aromatic rings. The third kappa shape index (κ3) is 4.06. The zero-order chi connectivity index (χ0) is 26.1. The fraction of sp³-hybridized carbons (Fsp3) is 0.0323. The molecule has 0 saturated heterocycles. The summed E-state index contributed by atoms with van der Waals surface area (Å²) in [6, 6.07) is 33.1. The Balaban J connectivity index is 1.61. The number of amidine groups is 1. The monoisotopic (exact) mass is 498 g/mol. The third-order valence-electron chi connectivity index (χ3n) is 6.25. The van der Waals surface area contributed by atoms with Crippen LogP contribution in [0.3, 0.4) is 0 Å². The molecular weight excluding hydrogens is 476 g/mol. The van der Waals surface area contributed by atoms with Gasteiger partial charge in [-0.2, -0.15) is 9.69 Å². The van der Waals surface area contributed by atoms with Crippen LogP contribution in [0.5, 0.6) is 5.75 Å². The summed E-state index contributed by atoms with van der Waals surface area (Å²) in [5.74, 6) is 0.897. The van der Waals surface area contributed by atoms with Crippen LogP contribution in [0.25, 0.3) is 28.4 Å². The molecule has 7 heteroatoms. The predicted octanol–water partition coefficient (Wildman–Crippen LogP) is 5.04. The van der Waals surface area contributed by atoms with Crippen molar-refractivity contribution in [3.8, 4) is 17.1 Å². The van der Waals surface area contributed by atoms with Gasteiger partial charge in [0.1, 0.15) is 11.4 Å². The second kappa shape index (κ2) is 9.63. The Kier molecular flexibility index (Phi) is 5.86. The van der Waals surface area contributed by atoms with E-state index in [0.29, 0.717) is 39.4 Å². The van der Waals surface area contributed by atoms with E-state index in [4.69, 9.17) is 14.7 Å². The molecule has 0 bridgehead atoms. The second-order valence-electron chi connectivity index (χ2n) is 8.66. The van der Waals surface area contributed by atoms with Crippen molar-refractivity contribution in [2.75, 3.05) is 12.1 Å². The van der Waals surface area contributed by atoms with Crippen LogP contribution in [-0.4, -0.2) is 28.5 Å². The van der Waals surface area contributed by atoms with E-state index in [1.54, 1.807) is 31.4 Å². The molecule has 0 N–H and O–H groups in total. The number of fused-ring (bicyclic) bond motifs is 1. The fourth-order valence-electron chi connectivity index (χ4n) is 4.44. The van der Waals surface area contributed by atoms with Crippen molar-refractivity contribution in [2.24, 2.45) is 4.99 Å². The maximum Gasteiger partial charge on any atom is 0.297 e.